The predicted molar refractivity (Wildman–Crippen MR) is 73.5 cm³/mol. The SMILES string of the molecule is Fc1cncc(CN2CCC(Nc3ccncn3)C2)c1. The summed E-state index contributed by atoms with van der Waals surface area (Å²) in [6, 6.07) is 3.77. The van der Waals surface area contributed by atoms with Crippen molar-refractivity contribution in [2.75, 3.05) is 18.4 Å². The molecule has 1 fully saturated rings. The first-order chi connectivity index (χ1) is 9.79. The van der Waals surface area contributed by atoms with Gasteiger partial charge in [-0.25, -0.2) is 14.4 Å². The fourth-order valence-electron chi connectivity index (χ4n) is 2.48. The maximum absolute atomic E-state index is 13.1. The summed E-state index contributed by atoms with van der Waals surface area (Å²) in [6.07, 6.45) is 7.25. The average molecular weight is 273 g/mol. The van der Waals surface area contributed by atoms with Gasteiger partial charge in [0.05, 0.1) is 6.20 Å². The van der Waals surface area contributed by atoms with Gasteiger partial charge in [0.15, 0.2) is 0 Å². The summed E-state index contributed by atoms with van der Waals surface area (Å²) in [7, 11) is 0. The van der Waals surface area contributed by atoms with Gasteiger partial charge in [0, 0.05) is 38.1 Å². The van der Waals surface area contributed by atoms with Gasteiger partial charge in [0.25, 0.3) is 0 Å². The number of likely N-dealkylation sites (tertiary alicyclic amines) is 1. The molecule has 3 heterocycles. The Labute approximate surface area is 116 Å². The van der Waals surface area contributed by atoms with Gasteiger partial charge in [-0.1, -0.05) is 0 Å². The second kappa shape index (κ2) is 5.92. The van der Waals surface area contributed by atoms with Crippen LogP contribution in [0.2, 0.25) is 0 Å². The third kappa shape index (κ3) is 3.27. The Hall–Kier alpha value is -2.08. The lowest BCUT2D eigenvalue weighted by Crippen LogP contribution is -2.26. The van der Waals surface area contributed by atoms with E-state index < -0.39 is 0 Å². The molecule has 2 aromatic rings. The van der Waals surface area contributed by atoms with Crippen molar-refractivity contribution in [3.8, 4) is 0 Å². The molecule has 6 heteroatoms. The van der Waals surface area contributed by atoms with Crippen molar-refractivity contribution < 1.29 is 4.39 Å². The molecule has 1 aliphatic heterocycles. The monoisotopic (exact) mass is 273 g/mol. The number of hydrogen-bond donors (Lipinski definition) is 1. The third-order valence-electron chi connectivity index (χ3n) is 3.37. The third-order valence-corrected chi connectivity index (χ3v) is 3.37. The van der Waals surface area contributed by atoms with Gasteiger partial charge < -0.3 is 5.32 Å². The van der Waals surface area contributed by atoms with E-state index >= 15 is 0 Å². The second-order valence-corrected chi connectivity index (χ2v) is 4.97. The van der Waals surface area contributed by atoms with Crippen LogP contribution in [0.3, 0.4) is 0 Å². The van der Waals surface area contributed by atoms with E-state index in [0.29, 0.717) is 6.04 Å². The van der Waals surface area contributed by atoms with E-state index in [4.69, 9.17) is 0 Å². The fraction of sp³-hybridized carbons (Fsp3) is 0.357. The summed E-state index contributed by atoms with van der Waals surface area (Å²) in [5.74, 6) is 0.566. The average Bonchev–Trinajstić information content (AvgIpc) is 2.87. The number of anilines is 1. The number of halogens is 1. The Kier molecular flexibility index (Phi) is 3.83. The zero-order chi connectivity index (χ0) is 13.8. The predicted octanol–water partition coefficient (Wildman–Crippen LogP) is 1.70. The molecule has 0 spiro atoms. The van der Waals surface area contributed by atoms with E-state index in [-0.39, 0.29) is 5.82 Å². The van der Waals surface area contributed by atoms with Crippen molar-refractivity contribution in [1.29, 1.82) is 0 Å². The molecular formula is C14H16FN5. The lowest BCUT2D eigenvalue weighted by atomic mass is 10.2. The molecule has 2 aromatic heterocycles. The summed E-state index contributed by atoms with van der Waals surface area (Å²) >= 11 is 0. The summed E-state index contributed by atoms with van der Waals surface area (Å²) in [5.41, 5.74) is 0.910. The zero-order valence-corrected chi connectivity index (χ0v) is 11.0. The maximum Gasteiger partial charge on any atom is 0.141 e. The minimum Gasteiger partial charge on any atom is -0.366 e. The van der Waals surface area contributed by atoms with Gasteiger partial charge in [-0.3, -0.25) is 9.88 Å². The molecule has 0 amide bonds. The lowest BCUT2D eigenvalue weighted by Gasteiger charge is -2.16. The lowest BCUT2D eigenvalue weighted by molar-refractivity contribution is 0.327. The van der Waals surface area contributed by atoms with Crippen LogP contribution < -0.4 is 5.32 Å². The van der Waals surface area contributed by atoms with Crippen molar-refractivity contribution in [2.24, 2.45) is 0 Å². The summed E-state index contributed by atoms with van der Waals surface area (Å²) in [4.78, 5) is 14.2. The first-order valence-electron chi connectivity index (χ1n) is 6.64. The highest BCUT2D eigenvalue weighted by Crippen LogP contribution is 2.16. The van der Waals surface area contributed by atoms with Crippen LogP contribution in [0.4, 0.5) is 10.2 Å². The Bertz CT molecular complexity index is 563. The number of hydrogen-bond acceptors (Lipinski definition) is 5. The van der Waals surface area contributed by atoms with Crippen LogP contribution in [0.25, 0.3) is 0 Å². The van der Waals surface area contributed by atoms with Crippen molar-refractivity contribution in [2.45, 2.75) is 19.0 Å². The van der Waals surface area contributed by atoms with E-state index in [1.165, 1.54) is 18.6 Å². The van der Waals surface area contributed by atoms with Crippen LogP contribution in [0, 0.1) is 5.82 Å². The molecule has 0 bridgehead atoms. The number of pyridine rings is 1. The van der Waals surface area contributed by atoms with E-state index in [9.17, 15) is 4.39 Å². The Morgan fingerprint density at radius 3 is 3.10 bits per heavy atom. The zero-order valence-electron chi connectivity index (χ0n) is 11.0. The topological polar surface area (TPSA) is 53.9 Å². The Morgan fingerprint density at radius 1 is 1.35 bits per heavy atom. The fourth-order valence-corrected chi connectivity index (χ4v) is 2.48. The van der Waals surface area contributed by atoms with Crippen molar-refractivity contribution in [1.82, 2.24) is 19.9 Å². The van der Waals surface area contributed by atoms with Crippen LogP contribution >= 0.6 is 0 Å². The van der Waals surface area contributed by atoms with Gasteiger partial charge in [0.2, 0.25) is 0 Å². The maximum atomic E-state index is 13.1. The molecule has 104 valence electrons. The summed E-state index contributed by atoms with van der Waals surface area (Å²) in [6.45, 7) is 2.63. The normalized spacial score (nSPS) is 19.1. The summed E-state index contributed by atoms with van der Waals surface area (Å²) < 4.78 is 13.1. The van der Waals surface area contributed by atoms with E-state index in [1.807, 2.05) is 6.07 Å². The van der Waals surface area contributed by atoms with Crippen LogP contribution in [-0.4, -0.2) is 39.0 Å². The molecule has 1 N–H and O–H groups in total. The quantitative estimate of drug-likeness (QED) is 0.919. The first-order valence-corrected chi connectivity index (χ1v) is 6.64. The molecule has 1 saturated heterocycles. The number of nitrogens with zero attached hydrogens (tertiary/aromatic N) is 4. The molecule has 1 unspecified atom stereocenters. The molecule has 0 aromatic carbocycles. The van der Waals surface area contributed by atoms with Crippen LogP contribution in [0.1, 0.15) is 12.0 Å². The molecule has 1 atom stereocenters. The largest absolute Gasteiger partial charge is 0.366 e. The molecule has 20 heavy (non-hydrogen) atoms. The van der Waals surface area contributed by atoms with Gasteiger partial charge >= 0.3 is 0 Å². The van der Waals surface area contributed by atoms with Crippen LogP contribution in [0.5, 0.6) is 0 Å². The van der Waals surface area contributed by atoms with E-state index in [0.717, 1.165) is 37.4 Å². The van der Waals surface area contributed by atoms with Gasteiger partial charge in [0.1, 0.15) is 18.0 Å². The Morgan fingerprint density at radius 2 is 2.30 bits per heavy atom. The molecule has 5 nitrogen and oxygen atoms in total. The van der Waals surface area contributed by atoms with E-state index in [2.05, 4.69) is 25.2 Å². The highest BCUT2D eigenvalue weighted by Gasteiger charge is 2.22. The van der Waals surface area contributed by atoms with Gasteiger partial charge in [-0.15, -0.1) is 0 Å². The number of aromatic nitrogens is 3. The van der Waals surface area contributed by atoms with Crippen molar-refractivity contribution in [3.63, 3.8) is 0 Å². The standard InChI is InChI=1S/C14H16FN5/c15-12-5-11(6-17-7-12)8-20-4-2-13(9-20)19-14-1-3-16-10-18-14/h1,3,5-7,10,13H,2,4,8-9H2,(H,16,18,19). The van der Waals surface area contributed by atoms with Gasteiger partial charge in [-0.05, 0) is 24.1 Å². The minimum absolute atomic E-state index is 0.280. The molecule has 0 saturated carbocycles. The smallest absolute Gasteiger partial charge is 0.141 e. The van der Waals surface area contributed by atoms with Crippen LogP contribution in [-0.2, 0) is 6.54 Å². The molecule has 0 radical (unpaired) electrons. The molecule has 3 rings (SSSR count). The summed E-state index contributed by atoms with van der Waals surface area (Å²) in [5, 5.41) is 3.39. The molecular weight excluding hydrogens is 257 g/mol. The number of nitrogens with one attached hydrogen (secondary N) is 1. The van der Waals surface area contributed by atoms with Crippen molar-refractivity contribution >= 4 is 5.82 Å². The first kappa shape index (κ1) is 12.9. The minimum atomic E-state index is -0.280. The highest BCUT2D eigenvalue weighted by molar-refractivity contribution is 5.33. The van der Waals surface area contributed by atoms with Crippen molar-refractivity contribution in [3.05, 3.63) is 48.4 Å². The van der Waals surface area contributed by atoms with Gasteiger partial charge in [-0.2, -0.15) is 0 Å². The molecule has 0 aliphatic carbocycles. The van der Waals surface area contributed by atoms with Crippen LogP contribution in [0.15, 0.2) is 37.1 Å². The molecule has 1 aliphatic rings. The van der Waals surface area contributed by atoms with E-state index in [1.54, 1.807) is 12.4 Å². The number of rotatable bonds is 4. The highest BCUT2D eigenvalue weighted by atomic mass is 19.1. The Balaban J connectivity index is 1.54. The second-order valence-electron chi connectivity index (χ2n) is 4.97.